The first kappa shape index (κ1) is 12.4. The number of benzene rings is 1. The zero-order valence-corrected chi connectivity index (χ0v) is 9.00. The van der Waals surface area contributed by atoms with Crippen molar-refractivity contribution >= 4 is 5.91 Å². The van der Waals surface area contributed by atoms with Crippen molar-refractivity contribution in [1.82, 2.24) is 10.6 Å². The van der Waals surface area contributed by atoms with E-state index in [1.54, 1.807) is 18.2 Å². The summed E-state index contributed by atoms with van der Waals surface area (Å²) in [6.45, 7) is 4.80. The van der Waals surface area contributed by atoms with Crippen molar-refractivity contribution in [1.29, 1.82) is 0 Å². The van der Waals surface area contributed by atoms with Crippen LogP contribution in [0.5, 0.6) is 0 Å². The molecule has 2 N–H and O–H groups in total. The molecule has 0 saturated carbocycles. The summed E-state index contributed by atoms with van der Waals surface area (Å²) in [6, 6.07) is 6.04. The van der Waals surface area contributed by atoms with Crippen LogP contribution >= 0.6 is 0 Å². The largest absolute Gasteiger partial charge is 0.351 e. The van der Waals surface area contributed by atoms with Gasteiger partial charge in [-0.1, -0.05) is 18.2 Å². The van der Waals surface area contributed by atoms with E-state index in [1.807, 2.05) is 0 Å². The molecule has 0 unspecified atom stereocenters. The van der Waals surface area contributed by atoms with Gasteiger partial charge in [-0.15, -0.1) is 6.58 Å². The van der Waals surface area contributed by atoms with Gasteiger partial charge in [-0.3, -0.25) is 4.79 Å². The first-order chi connectivity index (χ1) is 7.72. The molecule has 1 aromatic carbocycles. The highest BCUT2D eigenvalue weighted by Gasteiger charge is 1.99. The Hall–Kier alpha value is -1.68. The first-order valence-corrected chi connectivity index (χ1v) is 5.05. The minimum atomic E-state index is -0.275. The maximum Gasteiger partial charge on any atom is 0.234 e. The summed E-state index contributed by atoms with van der Waals surface area (Å²) in [5.74, 6) is -0.367. The number of carbonyl (C=O) groups is 1. The van der Waals surface area contributed by atoms with Gasteiger partial charge < -0.3 is 10.6 Å². The molecule has 0 aliphatic heterocycles. The van der Waals surface area contributed by atoms with E-state index in [1.165, 1.54) is 12.1 Å². The second-order valence-corrected chi connectivity index (χ2v) is 3.32. The van der Waals surface area contributed by atoms with E-state index in [-0.39, 0.29) is 18.3 Å². The zero-order valence-electron chi connectivity index (χ0n) is 9.00. The summed E-state index contributed by atoms with van der Waals surface area (Å²) >= 11 is 0. The van der Waals surface area contributed by atoms with Crippen LogP contribution in [0.25, 0.3) is 0 Å². The lowest BCUT2D eigenvalue weighted by atomic mass is 10.2. The van der Waals surface area contributed by atoms with Crippen LogP contribution in [-0.2, 0) is 11.3 Å². The van der Waals surface area contributed by atoms with E-state index in [0.717, 1.165) is 5.56 Å². The molecule has 0 heterocycles. The van der Waals surface area contributed by atoms with Gasteiger partial charge in [0.15, 0.2) is 0 Å². The Morgan fingerprint density at radius 1 is 1.38 bits per heavy atom. The predicted molar refractivity (Wildman–Crippen MR) is 61.3 cm³/mol. The Morgan fingerprint density at radius 3 is 2.69 bits per heavy atom. The summed E-state index contributed by atoms with van der Waals surface area (Å²) in [6.07, 6.45) is 1.69. The number of carbonyl (C=O) groups excluding carboxylic acids is 1. The lowest BCUT2D eigenvalue weighted by Crippen LogP contribution is -2.33. The summed E-state index contributed by atoms with van der Waals surface area (Å²) in [5, 5.41) is 5.61. The van der Waals surface area contributed by atoms with Crippen molar-refractivity contribution < 1.29 is 9.18 Å². The lowest BCUT2D eigenvalue weighted by molar-refractivity contribution is -0.120. The van der Waals surface area contributed by atoms with Gasteiger partial charge in [0, 0.05) is 13.1 Å². The van der Waals surface area contributed by atoms with E-state index in [0.29, 0.717) is 13.1 Å². The van der Waals surface area contributed by atoms with Crippen LogP contribution < -0.4 is 10.6 Å². The second-order valence-electron chi connectivity index (χ2n) is 3.32. The molecule has 0 atom stereocenters. The Kier molecular flexibility index (Phi) is 5.22. The standard InChI is InChI=1S/C12H15FN2O/c1-2-7-14-9-12(16)15-8-10-3-5-11(13)6-4-10/h2-6,14H,1,7-9H2,(H,15,16). The SMILES string of the molecule is C=CCNCC(=O)NCc1ccc(F)cc1. The topological polar surface area (TPSA) is 41.1 Å². The van der Waals surface area contributed by atoms with E-state index in [9.17, 15) is 9.18 Å². The molecule has 86 valence electrons. The molecule has 0 fully saturated rings. The average molecular weight is 222 g/mol. The van der Waals surface area contributed by atoms with Crippen LogP contribution in [0.3, 0.4) is 0 Å². The number of hydrogen-bond acceptors (Lipinski definition) is 2. The quantitative estimate of drug-likeness (QED) is 0.561. The highest BCUT2D eigenvalue weighted by molar-refractivity contribution is 5.77. The van der Waals surface area contributed by atoms with Crippen LogP contribution in [0, 0.1) is 5.82 Å². The van der Waals surface area contributed by atoms with Gasteiger partial charge in [-0.2, -0.15) is 0 Å². The van der Waals surface area contributed by atoms with E-state index in [4.69, 9.17) is 0 Å². The molecule has 0 aliphatic rings. The molecular formula is C12H15FN2O. The molecule has 0 aliphatic carbocycles. The van der Waals surface area contributed by atoms with Crippen molar-refractivity contribution in [3.63, 3.8) is 0 Å². The van der Waals surface area contributed by atoms with Crippen LogP contribution in [0.15, 0.2) is 36.9 Å². The maximum atomic E-state index is 12.6. The number of amides is 1. The van der Waals surface area contributed by atoms with Gasteiger partial charge >= 0.3 is 0 Å². The van der Waals surface area contributed by atoms with E-state index in [2.05, 4.69) is 17.2 Å². The molecule has 1 aromatic rings. The van der Waals surface area contributed by atoms with Crippen LogP contribution in [0.2, 0.25) is 0 Å². The monoisotopic (exact) mass is 222 g/mol. The molecule has 0 aromatic heterocycles. The van der Waals surface area contributed by atoms with Crippen LogP contribution in [-0.4, -0.2) is 19.0 Å². The lowest BCUT2D eigenvalue weighted by Gasteiger charge is -2.05. The minimum absolute atomic E-state index is 0.0915. The third-order valence-electron chi connectivity index (χ3n) is 1.98. The van der Waals surface area contributed by atoms with Gasteiger partial charge in [0.05, 0.1) is 6.54 Å². The Morgan fingerprint density at radius 2 is 2.06 bits per heavy atom. The van der Waals surface area contributed by atoms with Crippen molar-refractivity contribution in [3.8, 4) is 0 Å². The summed E-state index contributed by atoms with van der Waals surface area (Å²) in [7, 11) is 0. The van der Waals surface area contributed by atoms with Gasteiger partial charge in [0.1, 0.15) is 5.82 Å². The van der Waals surface area contributed by atoms with Gasteiger partial charge in [0.2, 0.25) is 5.91 Å². The molecular weight excluding hydrogens is 207 g/mol. The van der Waals surface area contributed by atoms with Crippen molar-refractivity contribution in [2.75, 3.05) is 13.1 Å². The predicted octanol–water partition coefficient (Wildman–Crippen LogP) is 1.22. The fraction of sp³-hybridized carbons (Fsp3) is 0.250. The smallest absolute Gasteiger partial charge is 0.234 e. The maximum absolute atomic E-state index is 12.6. The minimum Gasteiger partial charge on any atom is -0.351 e. The normalized spacial score (nSPS) is 9.81. The molecule has 0 radical (unpaired) electrons. The third-order valence-corrected chi connectivity index (χ3v) is 1.98. The number of nitrogens with one attached hydrogen (secondary N) is 2. The number of rotatable bonds is 6. The number of halogens is 1. The van der Waals surface area contributed by atoms with Crippen molar-refractivity contribution in [2.45, 2.75) is 6.54 Å². The Balaban J connectivity index is 2.26. The molecule has 0 spiro atoms. The van der Waals surface area contributed by atoms with Gasteiger partial charge in [0.25, 0.3) is 0 Å². The molecule has 4 heteroatoms. The highest BCUT2D eigenvalue weighted by Crippen LogP contribution is 2.01. The summed E-state index contributed by atoms with van der Waals surface area (Å²) in [5.41, 5.74) is 0.874. The fourth-order valence-electron chi connectivity index (χ4n) is 1.15. The molecule has 3 nitrogen and oxygen atoms in total. The van der Waals surface area contributed by atoms with Gasteiger partial charge in [-0.25, -0.2) is 4.39 Å². The van der Waals surface area contributed by atoms with E-state index >= 15 is 0 Å². The van der Waals surface area contributed by atoms with E-state index < -0.39 is 0 Å². The van der Waals surface area contributed by atoms with Crippen LogP contribution in [0.4, 0.5) is 4.39 Å². The molecule has 0 saturated heterocycles. The summed E-state index contributed by atoms with van der Waals surface area (Å²) < 4.78 is 12.6. The third kappa shape index (κ3) is 4.70. The van der Waals surface area contributed by atoms with Crippen molar-refractivity contribution in [2.24, 2.45) is 0 Å². The zero-order chi connectivity index (χ0) is 11.8. The molecule has 1 rings (SSSR count). The average Bonchev–Trinajstić information content (AvgIpc) is 2.29. The highest BCUT2D eigenvalue weighted by atomic mass is 19.1. The molecule has 1 amide bonds. The fourth-order valence-corrected chi connectivity index (χ4v) is 1.15. The first-order valence-electron chi connectivity index (χ1n) is 5.05. The number of hydrogen-bond donors (Lipinski definition) is 2. The molecule has 16 heavy (non-hydrogen) atoms. The van der Waals surface area contributed by atoms with Gasteiger partial charge in [-0.05, 0) is 17.7 Å². The second kappa shape index (κ2) is 6.74. The van der Waals surface area contributed by atoms with Crippen LogP contribution in [0.1, 0.15) is 5.56 Å². The Labute approximate surface area is 94.4 Å². The van der Waals surface area contributed by atoms with Crippen molar-refractivity contribution in [3.05, 3.63) is 48.3 Å². The Bertz CT molecular complexity index is 349. The molecule has 0 bridgehead atoms. The summed E-state index contributed by atoms with van der Waals surface area (Å²) in [4.78, 5) is 11.3.